The van der Waals surface area contributed by atoms with Gasteiger partial charge in [-0.15, -0.1) is 0 Å². The number of oxime groups is 1. The largest absolute Gasteiger partial charge is 0.411 e. The molecule has 0 saturated carbocycles. The van der Waals surface area contributed by atoms with Gasteiger partial charge in [-0.2, -0.15) is 0 Å². The molecule has 0 bridgehead atoms. The lowest BCUT2D eigenvalue weighted by Crippen LogP contribution is -1.98. The van der Waals surface area contributed by atoms with Crippen LogP contribution in [-0.4, -0.2) is 10.9 Å². The van der Waals surface area contributed by atoms with Crippen molar-refractivity contribution >= 4 is 5.71 Å². The molecule has 0 heterocycles. The summed E-state index contributed by atoms with van der Waals surface area (Å²) in [5.74, 6) is 0. The maximum atomic E-state index is 8.59. The molecule has 0 saturated heterocycles. The Morgan fingerprint density at radius 1 is 1.31 bits per heavy atom. The summed E-state index contributed by atoms with van der Waals surface area (Å²) in [5, 5.41) is 11.8. The second kappa shape index (κ2) is 5.36. The van der Waals surface area contributed by atoms with E-state index in [1.807, 2.05) is 25.1 Å². The fourth-order valence-corrected chi connectivity index (χ4v) is 1.23. The third-order valence-corrected chi connectivity index (χ3v) is 2.09. The van der Waals surface area contributed by atoms with E-state index in [0.29, 0.717) is 0 Å². The molecule has 1 aromatic carbocycles. The number of aryl methyl sites for hydroxylation is 1. The van der Waals surface area contributed by atoms with E-state index in [1.54, 1.807) is 0 Å². The highest BCUT2D eigenvalue weighted by molar-refractivity contribution is 5.83. The van der Waals surface area contributed by atoms with E-state index in [9.17, 15) is 0 Å². The molecule has 0 amide bonds. The van der Waals surface area contributed by atoms with Crippen molar-refractivity contribution in [2.75, 3.05) is 0 Å². The van der Waals surface area contributed by atoms with E-state index in [1.165, 1.54) is 5.56 Å². The van der Waals surface area contributed by atoms with E-state index in [0.717, 1.165) is 25.0 Å². The minimum Gasteiger partial charge on any atom is -0.411 e. The van der Waals surface area contributed by atoms with Gasteiger partial charge in [-0.3, -0.25) is 0 Å². The average Bonchev–Trinajstić information content (AvgIpc) is 2.21. The quantitative estimate of drug-likeness (QED) is 0.428. The van der Waals surface area contributed by atoms with Crippen LogP contribution >= 0.6 is 0 Å². The van der Waals surface area contributed by atoms with Crippen molar-refractivity contribution in [2.24, 2.45) is 5.16 Å². The van der Waals surface area contributed by atoms with Crippen molar-refractivity contribution in [2.45, 2.75) is 26.2 Å². The zero-order chi connectivity index (χ0) is 9.52. The van der Waals surface area contributed by atoms with Crippen molar-refractivity contribution in [1.82, 2.24) is 0 Å². The van der Waals surface area contributed by atoms with Crippen molar-refractivity contribution in [3.63, 3.8) is 0 Å². The normalized spacial score (nSPS) is 11.6. The molecule has 1 rings (SSSR count). The summed E-state index contributed by atoms with van der Waals surface area (Å²) in [6.07, 6.45) is 2.62. The molecule has 0 fully saturated rings. The summed E-state index contributed by atoms with van der Waals surface area (Å²) in [4.78, 5) is 0. The Bertz CT molecular complexity index is 267. The van der Waals surface area contributed by atoms with Gasteiger partial charge in [-0.05, 0) is 24.8 Å². The van der Waals surface area contributed by atoms with Gasteiger partial charge in [-0.25, -0.2) is 0 Å². The van der Waals surface area contributed by atoms with Gasteiger partial charge in [-0.1, -0.05) is 42.4 Å². The molecule has 2 nitrogen and oxygen atoms in total. The van der Waals surface area contributed by atoms with Crippen LogP contribution in [0.15, 0.2) is 35.5 Å². The highest BCUT2D eigenvalue weighted by atomic mass is 16.4. The predicted molar refractivity (Wildman–Crippen MR) is 54.3 cm³/mol. The third-order valence-electron chi connectivity index (χ3n) is 2.09. The van der Waals surface area contributed by atoms with Crippen LogP contribution in [0.3, 0.4) is 0 Å². The molecule has 2 heteroatoms. The molecule has 1 aromatic rings. The number of benzene rings is 1. The molecule has 0 aliphatic heterocycles. The highest BCUT2D eigenvalue weighted by Crippen LogP contribution is 2.04. The summed E-state index contributed by atoms with van der Waals surface area (Å²) in [5.41, 5.74) is 2.15. The van der Waals surface area contributed by atoms with Gasteiger partial charge in [0.15, 0.2) is 0 Å². The van der Waals surface area contributed by atoms with Crippen molar-refractivity contribution < 1.29 is 5.21 Å². The zero-order valence-corrected chi connectivity index (χ0v) is 7.90. The van der Waals surface area contributed by atoms with E-state index >= 15 is 0 Å². The first-order valence-corrected chi connectivity index (χ1v) is 4.60. The number of hydrogen-bond donors (Lipinski definition) is 1. The van der Waals surface area contributed by atoms with Crippen LogP contribution in [0.1, 0.15) is 25.3 Å². The maximum Gasteiger partial charge on any atom is 0.0571 e. The lowest BCUT2D eigenvalue weighted by Gasteiger charge is -2.01. The lowest BCUT2D eigenvalue weighted by molar-refractivity contribution is 0.316. The van der Waals surface area contributed by atoms with E-state index in [2.05, 4.69) is 17.3 Å². The highest BCUT2D eigenvalue weighted by Gasteiger charge is 1.97. The van der Waals surface area contributed by atoms with Gasteiger partial charge in [0.05, 0.1) is 5.71 Å². The van der Waals surface area contributed by atoms with Gasteiger partial charge in [0.2, 0.25) is 0 Å². The van der Waals surface area contributed by atoms with Crippen LogP contribution in [0.25, 0.3) is 0 Å². The van der Waals surface area contributed by atoms with Crippen molar-refractivity contribution in [3.8, 4) is 0 Å². The number of rotatable bonds is 4. The molecule has 0 radical (unpaired) electrons. The van der Waals surface area contributed by atoms with Crippen LogP contribution in [-0.2, 0) is 6.42 Å². The monoisotopic (exact) mass is 177 g/mol. The Balaban J connectivity index is 2.43. The van der Waals surface area contributed by atoms with Gasteiger partial charge in [0, 0.05) is 0 Å². The minimum absolute atomic E-state index is 0.823. The lowest BCUT2D eigenvalue weighted by atomic mass is 10.1. The van der Waals surface area contributed by atoms with Crippen LogP contribution in [0.2, 0.25) is 0 Å². The Hall–Kier alpha value is -1.31. The molecule has 0 aliphatic carbocycles. The van der Waals surface area contributed by atoms with E-state index in [4.69, 9.17) is 5.21 Å². The topological polar surface area (TPSA) is 32.6 Å². The molecule has 70 valence electrons. The number of hydrogen-bond acceptors (Lipinski definition) is 2. The predicted octanol–water partition coefficient (Wildman–Crippen LogP) is 2.86. The fraction of sp³-hybridized carbons (Fsp3) is 0.364. The summed E-state index contributed by atoms with van der Waals surface area (Å²) in [6, 6.07) is 10.2. The third kappa shape index (κ3) is 3.28. The second-order valence-electron chi connectivity index (χ2n) is 3.01. The van der Waals surface area contributed by atoms with Crippen molar-refractivity contribution in [3.05, 3.63) is 35.9 Å². The van der Waals surface area contributed by atoms with Gasteiger partial charge in [0.1, 0.15) is 0 Å². The Kier molecular flexibility index (Phi) is 4.03. The van der Waals surface area contributed by atoms with Crippen molar-refractivity contribution in [1.29, 1.82) is 0 Å². The SMILES string of the molecule is CC/C(CCc1ccccc1)=N\O. The van der Waals surface area contributed by atoms with Gasteiger partial charge >= 0.3 is 0 Å². The average molecular weight is 177 g/mol. The Labute approximate surface area is 78.9 Å². The second-order valence-corrected chi connectivity index (χ2v) is 3.01. The molecule has 0 atom stereocenters. The Morgan fingerprint density at radius 2 is 2.00 bits per heavy atom. The summed E-state index contributed by atoms with van der Waals surface area (Å²) >= 11 is 0. The van der Waals surface area contributed by atoms with E-state index in [-0.39, 0.29) is 0 Å². The smallest absolute Gasteiger partial charge is 0.0571 e. The first-order chi connectivity index (χ1) is 6.36. The van der Waals surface area contributed by atoms with Crippen LogP contribution in [0.5, 0.6) is 0 Å². The molecule has 0 spiro atoms. The minimum atomic E-state index is 0.823. The molecule has 0 aliphatic rings. The number of nitrogens with zero attached hydrogens (tertiary/aromatic N) is 1. The standard InChI is InChI=1S/C11H15NO/c1-2-11(12-13)9-8-10-6-4-3-5-7-10/h3-7,13H,2,8-9H2,1H3/b12-11+. The maximum absolute atomic E-state index is 8.59. The fourth-order valence-electron chi connectivity index (χ4n) is 1.23. The van der Waals surface area contributed by atoms with Crippen LogP contribution in [0.4, 0.5) is 0 Å². The van der Waals surface area contributed by atoms with Gasteiger partial charge in [0.25, 0.3) is 0 Å². The zero-order valence-electron chi connectivity index (χ0n) is 7.90. The Morgan fingerprint density at radius 3 is 2.54 bits per heavy atom. The van der Waals surface area contributed by atoms with Crippen LogP contribution < -0.4 is 0 Å². The summed E-state index contributed by atoms with van der Waals surface area (Å²) < 4.78 is 0. The molecular formula is C11H15NO. The molecule has 0 aromatic heterocycles. The summed E-state index contributed by atoms with van der Waals surface area (Å²) in [7, 11) is 0. The van der Waals surface area contributed by atoms with E-state index < -0.39 is 0 Å². The van der Waals surface area contributed by atoms with Crippen LogP contribution in [0, 0.1) is 0 Å². The molecule has 1 N–H and O–H groups in total. The summed E-state index contributed by atoms with van der Waals surface area (Å²) in [6.45, 7) is 2.00. The molecular weight excluding hydrogens is 162 g/mol. The molecule has 0 unspecified atom stereocenters. The molecule has 13 heavy (non-hydrogen) atoms. The first-order valence-electron chi connectivity index (χ1n) is 4.60. The van der Waals surface area contributed by atoms with Gasteiger partial charge < -0.3 is 5.21 Å². The first kappa shape index (κ1) is 9.78.